The van der Waals surface area contributed by atoms with Crippen molar-refractivity contribution in [2.45, 2.75) is 25.6 Å². The Hall–Kier alpha value is -2.02. The number of carbonyl (C=O) groups is 1. The minimum Gasteiger partial charge on any atom is -0.376 e. The Kier molecular flexibility index (Phi) is 5.65. The smallest absolute Gasteiger partial charge is 0.376 e. The van der Waals surface area contributed by atoms with Crippen LogP contribution in [0.15, 0.2) is 41.1 Å². The number of thiophene rings is 1. The van der Waals surface area contributed by atoms with Gasteiger partial charge in [-0.2, -0.15) is 24.5 Å². The van der Waals surface area contributed by atoms with Gasteiger partial charge in [0.25, 0.3) is 0 Å². The van der Waals surface area contributed by atoms with Crippen LogP contribution in [0.2, 0.25) is 0 Å². The van der Waals surface area contributed by atoms with Crippen molar-refractivity contribution in [3.8, 4) is 0 Å². The number of halogens is 3. The maximum atomic E-state index is 12.6. The molecule has 1 unspecified atom stereocenters. The molecule has 0 fully saturated rings. The number of benzene rings is 1. The van der Waals surface area contributed by atoms with Crippen molar-refractivity contribution in [2.75, 3.05) is 11.9 Å². The SMILES string of the molecule is CC(Cc1ccsc1)NC(=O)CNc1cccc(C(F)(F)F)c1. The van der Waals surface area contributed by atoms with Gasteiger partial charge in [-0.05, 0) is 53.9 Å². The van der Waals surface area contributed by atoms with E-state index in [2.05, 4.69) is 10.6 Å². The van der Waals surface area contributed by atoms with E-state index < -0.39 is 11.7 Å². The lowest BCUT2D eigenvalue weighted by molar-refractivity contribution is -0.137. The van der Waals surface area contributed by atoms with Gasteiger partial charge in [0.05, 0.1) is 12.1 Å². The lowest BCUT2D eigenvalue weighted by atomic mass is 10.1. The van der Waals surface area contributed by atoms with Gasteiger partial charge in [-0.15, -0.1) is 0 Å². The first-order valence-corrected chi connectivity index (χ1v) is 8.00. The second-order valence-corrected chi connectivity index (χ2v) is 6.02. The predicted molar refractivity (Wildman–Crippen MR) is 85.6 cm³/mol. The van der Waals surface area contributed by atoms with Crippen molar-refractivity contribution in [3.05, 3.63) is 52.2 Å². The molecule has 1 amide bonds. The molecule has 23 heavy (non-hydrogen) atoms. The molecule has 0 bridgehead atoms. The lowest BCUT2D eigenvalue weighted by Gasteiger charge is -2.14. The van der Waals surface area contributed by atoms with Gasteiger partial charge < -0.3 is 10.6 Å². The molecular formula is C16H17F3N2OS. The highest BCUT2D eigenvalue weighted by Gasteiger charge is 2.30. The van der Waals surface area contributed by atoms with Crippen LogP contribution in [0.25, 0.3) is 0 Å². The van der Waals surface area contributed by atoms with E-state index >= 15 is 0 Å². The van der Waals surface area contributed by atoms with Crippen LogP contribution < -0.4 is 10.6 Å². The van der Waals surface area contributed by atoms with Crippen LogP contribution in [0.4, 0.5) is 18.9 Å². The molecule has 3 nitrogen and oxygen atoms in total. The van der Waals surface area contributed by atoms with E-state index in [1.54, 1.807) is 11.3 Å². The van der Waals surface area contributed by atoms with E-state index in [9.17, 15) is 18.0 Å². The average molecular weight is 342 g/mol. The molecule has 1 heterocycles. The Balaban J connectivity index is 1.82. The molecule has 0 aliphatic heterocycles. The standard InChI is InChI=1S/C16H17F3N2OS/c1-11(7-12-5-6-23-10-12)21-15(22)9-20-14-4-2-3-13(8-14)16(17,18)19/h2-6,8,10-11,20H,7,9H2,1H3,(H,21,22). The number of carbonyl (C=O) groups excluding carboxylic acids is 1. The monoisotopic (exact) mass is 342 g/mol. The molecule has 0 saturated heterocycles. The summed E-state index contributed by atoms with van der Waals surface area (Å²) >= 11 is 1.59. The Morgan fingerprint density at radius 1 is 1.30 bits per heavy atom. The minimum absolute atomic E-state index is 0.0413. The van der Waals surface area contributed by atoms with Crippen molar-refractivity contribution < 1.29 is 18.0 Å². The first-order valence-electron chi connectivity index (χ1n) is 7.06. The molecule has 1 aromatic carbocycles. The van der Waals surface area contributed by atoms with E-state index in [0.29, 0.717) is 0 Å². The fourth-order valence-corrected chi connectivity index (χ4v) is 2.81. The number of alkyl halides is 3. The van der Waals surface area contributed by atoms with Gasteiger partial charge >= 0.3 is 6.18 Å². The molecule has 1 atom stereocenters. The van der Waals surface area contributed by atoms with Crippen molar-refractivity contribution in [1.29, 1.82) is 0 Å². The van der Waals surface area contributed by atoms with Gasteiger partial charge in [-0.25, -0.2) is 0 Å². The number of amides is 1. The first kappa shape index (κ1) is 17.3. The summed E-state index contributed by atoms with van der Waals surface area (Å²) in [5.41, 5.74) is 0.669. The second-order valence-electron chi connectivity index (χ2n) is 5.24. The van der Waals surface area contributed by atoms with E-state index in [4.69, 9.17) is 0 Å². The molecule has 2 N–H and O–H groups in total. The number of nitrogens with one attached hydrogen (secondary N) is 2. The summed E-state index contributed by atoms with van der Waals surface area (Å²) in [6.45, 7) is 1.81. The van der Waals surface area contributed by atoms with E-state index in [1.165, 1.54) is 12.1 Å². The van der Waals surface area contributed by atoms with E-state index in [-0.39, 0.29) is 24.2 Å². The maximum absolute atomic E-state index is 12.6. The summed E-state index contributed by atoms with van der Waals surface area (Å²) in [7, 11) is 0. The summed E-state index contributed by atoms with van der Waals surface area (Å²) < 4.78 is 37.8. The third-order valence-electron chi connectivity index (χ3n) is 3.17. The summed E-state index contributed by atoms with van der Waals surface area (Å²) in [6, 6.07) is 6.74. The van der Waals surface area contributed by atoms with Crippen LogP contribution in [0.1, 0.15) is 18.1 Å². The van der Waals surface area contributed by atoms with Gasteiger partial charge in [0.15, 0.2) is 0 Å². The fourth-order valence-electron chi connectivity index (χ4n) is 2.13. The Bertz CT molecular complexity index is 641. The Labute approximate surface area is 136 Å². The number of anilines is 1. The highest BCUT2D eigenvalue weighted by molar-refractivity contribution is 7.07. The number of rotatable bonds is 6. The molecule has 7 heteroatoms. The Morgan fingerprint density at radius 2 is 2.09 bits per heavy atom. The predicted octanol–water partition coefficient (Wildman–Crippen LogP) is 3.93. The third kappa shape index (κ3) is 5.59. The van der Waals surface area contributed by atoms with Crippen molar-refractivity contribution in [1.82, 2.24) is 5.32 Å². The minimum atomic E-state index is -4.39. The van der Waals surface area contributed by atoms with Crippen LogP contribution >= 0.6 is 11.3 Å². The highest BCUT2D eigenvalue weighted by atomic mass is 32.1. The molecule has 124 valence electrons. The van der Waals surface area contributed by atoms with E-state index in [0.717, 1.165) is 24.1 Å². The highest BCUT2D eigenvalue weighted by Crippen LogP contribution is 2.30. The number of hydrogen-bond donors (Lipinski definition) is 2. The summed E-state index contributed by atoms with van der Waals surface area (Å²) in [5, 5.41) is 9.51. The van der Waals surface area contributed by atoms with Crippen LogP contribution in [0.5, 0.6) is 0 Å². The summed E-state index contributed by atoms with van der Waals surface area (Å²) in [4.78, 5) is 11.8. The molecule has 2 rings (SSSR count). The largest absolute Gasteiger partial charge is 0.416 e. The zero-order valence-electron chi connectivity index (χ0n) is 12.5. The van der Waals surface area contributed by atoms with Gasteiger partial charge in [0.2, 0.25) is 5.91 Å². The Morgan fingerprint density at radius 3 is 2.74 bits per heavy atom. The average Bonchev–Trinajstić information content (AvgIpc) is 2.97. The molecule has 0 aliphatic carbocycles. The summed E-state index contributed by atoms with van der Waals surface area (Å²) in [6.07, 6.45) is -3.67. The van der Waals surface area contributed by atoms with Crippen molar-refractivity contribution in [3.63, 3.8) is 0 Å². The van der Waals surface area contributed by atoms with Gasteiger partial charge in [-0.3, -0.25) is 4.79 Å². The number of hydrogen-bond acceptors (Lipinski definition) is 3. The fraction of sp³-hybridized carbons (Fsp3) is 0.312. The van der Waals surface area contributed by atoms with E-state index in [1.807, 2.05) is 23.8 Å². The molecule has 0 spiro atoms. The quantitative estimate of drug-likeness (QED) is 0.835. The molecule has 1 aromatic heterocycles. The molecule has 2 aromatic rings. The molecule has 0 saturated carbocycles. The maximum Gasteiger partial charge on any atom is 0.416 e. The first-order chi connectivity index (χ1) is 10.8. The topological polar surface area (TPSA) is 41.1 Å². The molecule has 0 aliphatic rings. The normalized spacial score (nSPS) is 12.7. The van der Waals surface area contributed by atoms with Crippen LogP contribution in [0.3, 0.4) is 0 Å². The van der Waals surface area contributed by atoms with Crippen LogP contribution in [-0.4, -0.2) is 18.5 Å². The summed E-state index contributed by atoms with van der Waals surface area (Å²) in [5.74, 6) is -0.259. The zero-order valence-corrected chi connectivity index (χ0v) is 13.3. The van der Waals surface area contributed by atoms with Crippen molar-refractivity contribution in [2.24, 2.45) is 0 Å². The zero-order chi connectivity index (χ0) is 16.9. The second kappa shape index (κ2) is 7.50. The van der Waals surface area contributed by atoms with Crippen LogP contribution in [0, 0.1) is 0 Å². The third-order valence-corrected chi connectivity index (χ3v) is 3.90. The molecule has 0 radical (unpaired) electrons. The van der Waals surface area contributed by atoms with Crippen molar-refractivity contribution >= 4 is 22.9 Å². The van der Waals surface area contributed by atoms with Gasteiger partial charge in [0.1, 0.15) is 0 Å². The molecular weight excluding hydrogens is 325 g/mol. The van der Waals surface area contributed by atoms with Gasteiger partial charge in [0, 0.05) is 11.7 Å². The van der Waals surface area contributed by atoms with Crippen LogP contribution in [-0.2, 0) is 17.4 Å². The van der Waals surface area contributed by atoms with Gasteiger partial charge in [-0.1, -0.05) is 6.07 Å². The lowest BCUT2D eigenvalue weighted by Crippen LogP contribution is -2.37.